The average Bonchev–Trinajstić information content (AvgIpc) is 2.08. The summed E-state index contributed by atoms with van der Waals surface area (Å²) in [5, 5.41) is 0. The second kappa shape index (κ2) is 4.29. The Kier molecular flexibility index (Phi) is 3.56. The Balaban J connectivity index is 3.03. The highest BCUT2D eigenvalue weighted by atomic mass is 79.9. The molecule has 0 aromatic heterocycles. The van der Waals surface area contributed by atoms with E-state index in [2.05, 4.69) is 28.6 Å². The van der Waals surface area contributed by atoms with Gasteiger partial charge < -0.3 is 0 Å². The van der Waals surface area contributed by atoms with Crippen LogP contribution in [-0.4, -0.2) is 5.78 Å². The fraction of sp³-hybridized carbons (Fsp3) is 0.300. The van der Waals surface area contributed by atoms with E-state index in [-0.39, 0.29) is 10.6 Å². The summed E-state index contributed by atoms with van der Waals surface area (Å²) in [4.78, 5) is 11.8. The van der Waals surface area contributed by atoms with Gasteiger partial charge in [0.1, 0.15) is 5.78 Å². The highest BCUT2D eigenvalue weighted by molar-refractivity contribution is 9.09. The van der Waals surface area contributed by atoms with Crippen molar-refractivity contribution in [2.45, 2.75) is 23.6 Å². The van der Waals surface area contributed by atoms with E-state index in [1.807, 2.05) is 25.1 Å². The van der Waals surface area contributed by atoms with E-state index in [9.17, 15) is 4.79 Å². The lowest BCUT2D eigenvalue weighted by molar-refractivity contribution is -0.116. The Hall–Kier alpha value is -0.280. The molecule has 0 fully saturated rings. The molecule has 1 aromatic rings. The Morgan fingerprint density at radius 2 is 2.15 bits per heavy atom. The zero-order valence-corrected chi connectivity index (χ0v) is 10.0. The highest BCUT2D eigenvalue weighted by Crippen LogP contribution is 2.26. The first kappa shape index (κ1) is 10.8. The van der Waals surface area contributed by atoms with Crippen molar-refractivity contribution in [1.29, 1.82) is 0 Å². The Morgan fingerprint density at radius 1 is 1.54 bits per heavy atom. The lowest BCUT2D eigenvalue weighted by atomic mass is 10.1. The van der Waals surface area contributed by atoms with Gasteiger partial charge in [0.15, 0.2) is 0 Å². The summed E-state index contributed by atoms with van der Waals surface area (Å²) in [7, 11) is 0. The van der Waals surface area contributed by atoms with Crippen LogP contribution >= 0.6 is 28.6 Å². The number of ketones is 1. The highest BCUT2D eigenvalue weighted by Gasteiger charge is 2.12. The molecule has 0 N–H and O–H groups in total. The first-order valence-corrected chi connectivity index (χ1v) is 5.32. The molecule has 0 amide bonds. The monoisotopic (exact) mass is 258 g/mol. The van der Waals surface area contributed by atoms with Crippen LogP contribution in [0, 0.1) is 6.92 Å². The number of benzene rings is 1. The Bertz CT molecular complexity index is 336. The molecule has 0 saturated heterocycles. The first-order chi connectivity index (χ1) is 6.02. The number of carbonyl (C=O) groups is 1. The normalized spacial score (nSPS) is 12.6. The van der Waals surface area contributed by atoms with Crippen LogP contribution in [0.5, 0.6) is 0 Å². The fourth-order valence-corrected chi connectivity index (χ4v) is 1.49. The summed E-state index contributed by atoms with van der Waals surface area (Å²) in [6, 6.07) is 5.80. The van der Waals surface area contributed by atoms with E-state index in [4.69, 9.17) is 0 Å². The van der Waals surface area contributed by atoms with Gasteiger partial charge in [-0.2, -0.15) is 0 Å². The largest absolute Gasteiger partial charge is 0.298 e. The molecule has 0 aliphatic heterocycles. The molecule has 1 nitrogen and oxygen atoms in total. The van der Waals surface area contributed by atoms with Crippen LogP contribution in [0.15, 0.2) is 23.1 Å². The minimum Gasteiger partial charge on any atom is -0.298 e. The molecular formula is C10H11BrOS. The van der Waals surface area contributed by atoms with Crippen molar-refractivity contribution in [3.05, 3.63) is 29.3 Å². The number of alkyl halides is 1. The number of Topliss-reactive ketones (excluding diaryl/α,β-unsaturated/α-hetero) is 1. The van der Waals surface area contributed by atoms with Gasteiger partial charge in [-0.3, -0.25) is 4.79 Å². The predicted octanol–water partition coefficient (Wildman–Crippen LogP) is 3.31. The topological polar surface area (TPSA) is 17.1 Å². The number of halogens is 1. The maximum atomic E-state index is 11.1. The van der Waals surface area contributed by atoms with Crippen molar-refractivity contribution in [3.8, 4) is 0 Å². The molecule has 70 valence electrons. The molecule has 0 heterocycles. The summed E-state index contributed by atoms with van der Waals surface area (Å²) in [6.45, 7) is 3.55. The molecule has 1 unspecified atom stereocenters. The van der Waals surface area contributed by atoms with Gasteiger partial charge in [-0.15, -0.1) is 12.6 Å². The lowest BCUT2D eigenvalue weighted by Crippen LogP contribution is -2.01. The van der Waals surface area contributed by atoms with Crippen LogP contribution < -0.4 is 0 Å². The summed E-state index contributed by atoms with van der Waals surface area (Å²) in [5.74, 6) is 0.117. The molecule has 0 aliphatic rings. The smallest absolute Gasteiger partial charge is 0.147 e. The van der Waals surface area contributed by atoms with Crippen LogP contribution in [0.25, 0.3) is 0 Å². The molecule has 0 spiro atoms. The maximum Gasteiger partial charge on any atom is 0.147 e. The molecule has 0 bridgehead atoms. The van der Waals surface area contributed by atoms with E-state index in [1.54, 1.807) is 6.92 Å². The van der Waals surface area contributed by atoms with Gasteiger partial charge >= 0.3 is 0 Å². The predicted molar refractivity (Wildman–Crippen MR) is 60.8 cm³/mol. The SMILES string of the molecule is CC(=O)C(Br)c1ccc(S)c(C)c1. The quantitative estimate of drug-likeness (QED) is 0.637. The third kappa shape index (κ3) is 2.58. The van der Waals surface area contributed by atoms with Crippen LogP contribution in [-0.2, 0) is 4.79 Å². The van der Waals surface area contributed by atoms with E-state index < -0.39 is 0 Å². The van der Waals surface area contributed by atoms with E-state index in [0.717, 1.165) is 16.0 Å². The van der Waals surface area contributed by atoms with E-state index >= 15 is 0 Å². The minimum atomic E-state index is -0.194. The van der Waals surface area contributed by atoms with Gasteiger partial charge in [0.05, 0.1) is 4.83 Å². The molecule has 0 saturated carbocycles. The van der Waals surface area contributed by atoms with Gasteiger partial charge in [0.25, 0.3) is 0 Å². The molecule has 13 heavy (non-hydrogen) atoms. The Labute approximate surface area is 92.1 Å². The molecular weight excluding hydrogens is 248 g/mol. The average molecular weight is 259 g/mol. The maximum absolute atomic E-state index is 11.1. The standard InChI is InChI=1S/C10H11BrOS/c1-6-5-8(3-4-9(6)13)10(11)7(2)12/h3-5,10,13H,1-2H3. The number of hydrogen-bond acceptors (Lipinski definition) is 2. The molecule has 1 atom stereocenters. The number of rotatable bonds is 2. The van der Waals surface area contributed by atoms with Crippen LogP contribution in [0.2, 0.25) is 0 Å². The van der Waals surface area contributed by atoms with Gasteiger partial charge in [0.2, 0.25) is 0 Å². The third-order valence-electron chi connectivity index (χ3n) is 1.87. The number of hydrogen-bond donors (Lipinski definition) is 1. The van der Waals surface area contributed by atoms with E-state index in [0.29, 0.717) is 0 Å². The van der Waals surface area contributed by atoms with Crippen molar-refractivity contribution in [3.63, 3.8) is 0 Å². The molecule has 0 aliphatic carbocycles. The molecule has 1 rings (SSSR count). The molecule has 0 radical (unpaired) electrons. The second-order valence-corrected chi connectivity index (χ2v) is 4.42. The lowest BCUT2D eigenvalue weighted by Gasteiger charge is -2.08. The van der Waals surface area contributed by atoms with Crippen LogP contribution in [0.1, 0.15) is 22.9 Å². The molecule has 3 heteroatoms. The van der Waals surface area contributed by atoms with Gasteiger partial charge in [-0.25, -0.2) is 0 Å². The molecule has 1 aromatic carbocycles. The first-order valence-electron chi connectivity index (χ1n) is 3.96. The summed E-state index contributed by atoms with van der Waals surface area (Å²) < 4.78 is 0. The third-order valence-corrected chi connectivity index (χ3v) is 3.55. The van der Waals surface area contributed by atoms with Gasteiger partial charge in [-0.1, -0.05) is 28.1 Å². The van der Waals surface area contributed by atoms with Crippen molar-refractivity contribution >= 4 is 34.3 Å². The zero-order chi connectivity index (χ0) is 10.0. The van der Waals surface area contributed by atoms with Crippen molar-refractivity contribution in [2.24, 2.45) is 0 Å². The van der Waals surface area contributed by atoms with Crippen LogP contribution in [0.4, 0.5) is 0 Å². The summed E-state index contributed by atoms with van der Waals surface area (Å²) in [5.41, 5.74) is 2.08. The zero-order valence-electron chi connectivity index (χ0n) is 7.54. The van der Waals surface area contributed by atoms with Crippen LogP contribution in [0.3, 0.4) is 0 Å². The van der Waals surface area contributed by atoms with Crippen molar-refractivity contribution < 1.29 is 4.79 Å². The van der Waals surface area contributed by atoms with Gasteiger partial charge in [-0.05, 0) is 31.0 Å². The second-order valence-electron chi connectivity index (χ2n) is 3.02. The van der Waals surface area contributed by atoms with Crippen molar-refractivity contribution in [2.75, 3.05) is 0 Å². The number of aryl methyl sites for hydroxylation is 1. The van der Waals surface area contributed by atoms with E-state index in [1.165, 1.54) is 0 Å². The summed E-state index contributed by atoms with van der Waals surface area (Å²) in [6.07, 6.45) is 0. The minimum absolute atomic E-state index is 0.117. The van der Waals surface area contributed by atoms with Crippen molar-refractivity contribution in [1.82, 2.24) is 0 Å². The Morgan fingerprint density at radius 3 is 2.62 bits per heavy atom. The summed E-state index contributed by atoms with van der Waals surface area (Å²) >= 11 is 7.60. The number of thiol groups is 1. The fourth-order valence-electron chi connectivity index (χ4n) is 1.07. The number of carbonyl (C=O) groups excluding carboxylic acids is 1. The van der Waals surface area contributed by atoms with Gasteiger partial charge in [0, 0.05) is 4.90 Å².